The molecule has 1 saturated heterocycles. The summed E-state index contributed by atoms with van der Waals surface area (Å²) >= 11 is 5.27. The fraction of sp³-hybridized carbons (Fsp3) is 0.364. The predicted octanol–water partition coefficient (Wildman–Crippen LogP) is 2.68. The third-order valence-electron chi connectivity index (χ3n) is 4.89. The van der Waals surface area contributed by atoms with Crippen molar-refractivity contribution in [3.05, 3.63) is 54.1 Å². The van der Waals surface area contributed by atoms with Gasteiger partial charge >= 0.3 is 0 Å². The van der Waals surface area contributed by atoms with Crippen molar-refractivity contribution < 1.29 is 17.9 Å². The fourth-order valence-corrected chi connectivity index (χ4v) is 4.39. The van der Waals surface area contributed by atoms with E-state index in [1.165, 1.54) is 10.6 Å². The van der Waals surface area contributed by atoms with Crippen molar-refractivity contribution in [3.8, 4) is 5.75 Å². The summed E-state index contributed by atoms with van der Waals surface area (Å²) in [5, 5.41) is 5.88. The van der Waals surface area contributed by atoms with Gasteiger partial charge in [-0.3, -0.25) is 10.1 Å². The van der Waals surface area contributed by atoms with Gasteiger partial charge in [-0.05, 0) is 68.5 Å². The average Bonchev–Trinajstić information content (AvgIpc) is 2.73. The van der Waals surface area contributed by atoms with Crippen molar-refractivity contribution in [1.82, 2.24) is 9.62 Å². The van der Waals surface area contributed by atoms with E-state index in [9.17, 15) is 13.2 Å². The van der Waals surface area contributed by atoms with Crippen LogP contribution in [-0.2, 0) is 10.0 Å². The molecule has 2 aromatic rings. The summed E-state index contributed by atoms with van der Waals surface area (Å²) in [7, 11) is -3.15. The molecule has 32 heavy (non-hydrogen) atoms. The average molecular weight is 477 g/mol. The normalized spacial score (nSPS) is 14.8. The highest BCUT2D eigenvalue weighted by atomic mass is 32.2. The van der Waals surface area contributed by atoms with Crippen LogP contribution in [0.3, 0.4) is 0 Å². The van der Waals surface area contributed by atoms with E-state index in [1.54, 1.807) is 24.3 Å². The van der Waals surface area contributed by atoms with Gasteiger partial charge in [-0.2, -0.15) is 4.31 Å². The van der Waals surface area contributed by atoms with E-state index < -0.39 is 10.0 Å². The molecule has 1 amide bonds. The monoisotopic (exact) mass is 476 g/mol. The number of carbonyl (C=O) groups is 1. The Labute approximate surface area is 194 Å². The molecule has 3 rings (SSSR count). The summed E-state index contributed by atoms with van der Waals surface area (Å²) in [4.78, 5) is 14.6. The molecule has 0 aliphatic carbocycles. The Morgan fingerprint density at radius 3 is 2.31 bits per heavy atom. The molecule has 0 bridgehead atoms. The third-order valence-corrected chi connectivity index (χ3v) is 6.40. The standard InChI is InChI=1S/C22H28N4O4S2/c1-16(2)30-20-6-4-5-17(15-20)21(27)24-22(31)23-18-7-9-19(10-8-18)25-11-13-26(14-12-25)32(3,28)29/h4-10,15-16H,11-14H2,1-3H3,(H2,23,24,27,31). The Morgan fingerprint density at radius 1 is 1.06 bits per heavy atom. The number of hydrogen-bond acceptors (Lipinski definition) is 6. The van der Waals surface area contributed by atoms with Crippen LogP contribution in [0.25, 0.3) is 0 Å². The number of anilines is 2. The van der Waals surface area contributed by atoms with Crippen molar-refractivity contribution in [2.24, 2.45) is 0 Å². The van der Waals surface area contributed by atoms with Crippen LogP contribution in [0.4, 0.5) is 11.4 Å². The first kappa shape index (κ1) is 24.0. The zero-order valence-electron chi connectivity index (χ0n) is 18.4. The Bertz CT molecular complexity index is 1060. The maximum absolute atomic E-state index is 12.5. The summed E-state index contributed by atoms with van der Waals surface area (Å²) in [6.07, 6.45) is 1.25. The van der Waals surface area contributed by atoms with Gasteiger partial charge in [0.2, 0.25) is 10.0 Å². The highest BCUT2D eigenvalue weighted by molar-refractivity contribution is 7.88. The summed E-state index contributed by atoms with van der Waals surface area (Å²) < 4.78 is 30.4. The van der Waals surface area contributed by atoms with Crippen LogP contribution in [0.1, 0.15) is 24.2 Å². The van der Waals surface area contributed by atoms with Crippen molar-refractivity contribution in [1.29, 1.82) is 0 Å². The van der Waals surface area contributed by atoms with Crippen molar-refractivity contribution >= 4 is 44.6 Å². The number of hydrogen-bond donors (Lipinski definition) is 2. The van der Waals surface area contributed by atoms with E-state index in [0.717, 1.165) is 11.4 Å². The van der Waals surface area contributed by atoms with Crippen LogP contribution in [0.5, 0.6) is 5.75 Å². The number of benzene rings is 2. The van der Waals surface area contributed by atoms with Gasteiger partial charge in [0.05, 0.1) is 12.4 Å². The number of sulfonamides is 1. The number of amides is 1. The van der Waals surface area contributed by atoms with Gasteiger partial charge in [-0.1, -0.05) is 6.07 Å². The Balaban J connectivity index is 1.53. The van der Waals surface area contributed by atoms with Gasteiger partial charge in [0.25, 0.3) is 5.91 Å². The minimum absolute atomic E-state index is 0.0163. The first-order valence-electron chi connectivity index (χ1n) is 10.3. The first-order chi connectivity index (χ1) is 15.1. The lowest BCUT2D eigenvalue weighted by Crippen LogP contribution is -2.48. The van der Waals surface area contributed by atoms with Crippen molar-refractivity contribution in [2.45, 2.75) is 20.0 Å². The third kappa shape index (κ3) is 6.65. The van der Waals surface area contributed by atoms with Gasteiger partial charge in [-0.15, -0.1) is 0 Å². The fourth-order valence-electron chi connectivity index (χ4n) is 3.35. The molecule has 2 N–H and O–H groups in total. The quantitative estimate of drug-likeness (QED) is 0.620. The second-order valence-electron chi connectivity index (χ2n) is 7.80. The van der Waals surface area contributed by atoms with Crippen molar-refractivity contribution in [3.63, 3.8) is 0 Å². The molecular formula is C22H28N4O4S2. The molecule has 1 aliphatic rings. The molecule has 0 saturated carbocycles. The zero-order valence-corrected chi connectivity index (χ0v) is 20.0. The number of ether oxygens (including phenoxy) is 1. The largest absolute Gasteiger partial charge is 0.491 e. The van der Waals surface area contributed by atoms with E-state index in [4.69, 9.17) is 17.0 Å². The van der Waals surface area contributed by atoms with Crippen LogP contribution in [0.15, 0.2) is 48.5 Å². The highest BCUT2D eigenvalue weighted by Crippen LogP contribution is 2.20. The number of carbonyl (C=O) groups excluding carboxylic acids is 1. The van der Waals surface area contributed by atoms with Gasteiger partial charge in [0.1, 0.15) is 5.75 Å². The SMILES string of the molecule is CC(C)Oc1cccc(C(=O)NC(=S)Nc2ccc(N3CCN(S(C)(=O)=O)CC3)cc2)c1. The molecular weight excluding hydrogens is 448 g/mol. The highest BCUT2D eigenvalue weighted by Gasteiger charge is 2.23. The molecule has 10 heteroatoms. The molecule has 0 atom stereocenters. The van der Waals surface area contributed by atoms with E-state index in [1.807, 2.05) is 38.1 Å². The van der Waals surface area contributed by atoms with Gasteiger partial charge in [0, 0.05) is 43.1 Å². The second kappa shape index (κ2) is 10.3. The van der Waals surface area contributed by atoms with Crippen LogP contribution < -0.4 is 20.3 Å². The zero-order chi connectivity index (χ0) is 23.3. The van der Waals surface area contributed by atoms with Crippen LogP contribution in [-0.4, -0.2) is 62.3 Å². The lowest BCUT2D eigenvalue weighted by Gasteiger charge is -2.34. The Morgan fingerprint density at radius 2 is 1.72 bits per heavy atom. The lowest BCUT2D eigenvalue weighted by molar-refractivity contribution is 0.0977. The molecule has 1 aliphatic heterocycles. The maximum Gasteiger partial charge on any atom is 0.257 e. The number of nitrogens with one attached hydrogen (secondary N) is 2. The van der Waals surface area contributed by atoms with Crippen LogP contribution >= 0.6 is 12.2 Å². The molecule has 172 valence electrons. The summed E-state index contributed by atoms with van der Waals surface area (Å²) in [6.45, 7) is 6.05. The molecule has 1 fully saturated rings. The summed E-state index contributed by atoms with van der Waals surface area (Å²) in [5.41, 5.74) is 2.20. The number of piperazine rings is 1. The molecule has 2 aromatic carbocycles. The molecule has 0 unspecified atom stereocenters. The summed E-state index contributed by atoms with van der Waals surface area (Å²) in [5.74, 6) is 0.302. The minimum Gasteiger partial charge on any atom is -0.491 e. The van der Waals surface area contributed by atoms with Crippen LogP contribution in [0, 0.1) is 0 Å². The van der Waals surface area contributed by atoms with E-state index in [-0.39, 0.29) is 17.1 Å². The van der Waals surface area contributed by atoms with Crippen LogP contribution in [0.2, 0.25) is 0 Å². The minimum atomic E-state index is -3.15. The topological polar surface area (TPSA) is 91.0 Å². The van der Waals surface area contributed by atoms with Gasteiger partial charge in [-0.25, -0.2) is 8.42 Å². The molecule has 0 radical (unpaired) electrons. The number of rotatable bonds is 6. The molecule has 1 heterocycles. The van der Waals surface area contributed by atoms with E-state index >= 15 is 0 Å². The Hall–Kier alpha value is -2.69. The van der Waals surface area contributed by atoms with Gasteiger partial charge in [0.15, 0.2) is 5.11 Å². The molecule has 8 nitrogen and oxygen atoms in total. The smallest absolute Gasteiger partial charge is 0.257 e. The predicted molar refractivity (Wildman–Crippen MR) is 131 cm³/mol. The van der Waals surface area contributed by atoms with Gasteiger partial charge < -0.3 is 15.0 Å². The lowest BCUT2D eigenvalue weighted by atomic mass is 10.2. The molecule has 0 aromatic heterocycles. The molecule has 0 spiro atoms. The van der Waals surface area contributed by atoms with E-state index in [0.29, 0.717) is 37.5 Å². The van der Waals surface area contributed by atoms with Crippen molar-refractivity contribution in [2.75, 3.05) is 42.7 Å². The maximum atomic E-state index is 12.5. The first-order valence-corrected chi connectivity index (χ1v) is 12.6. The second-order valence-corrected chi connectivity index (χ2v) is 10.2. The van der Waals surface area contributed by atoms with E-state index in [2.05, 4.69) is 15.5 Å². The summed E-state index contributed by atoms with van der Waals surface area (Å²) in [6, 6.07) is 14.6. The number of thiocarbonyl (C=S) groups is 1. The Kier molecular flexibility index (Phi) is 7.70. The number of nitrogens with zero attached hydrogens (tertiary/aromatic N) is 2.